The third-order valence-corrected chi connectivity index (χ3v) is 4.85. The first kappa shape index (κ1) is 22.1. The Morgan fingerprint density at radius 3 is 2.77 bits per heavy atom. The van der Waals surface area contributed by atoms with Gasteiger partial charge in [-0.3, -0.25) is 9.89 Å². The van der Waals surface area contributed by atoms with E-state index in [1.807, 2.05) is 38.1 Å². The van der Waals surface area contributed by atoms with E-state index in [1.165, 1.54) is 10.5 Å². The summed E-state index contributed by atoms with van der Waals surface area (Å²) in [5.74, 6) is 1.19. The summed E-state index contributed by atoms with van der Waals surface area (Å²) in [6.45, 7) is 5.06. The van der Waals surface area contributed by atoms with Crippen LogP contribution in [0.1, 0.15) is 24.6 Å². The van der Waals surface area contributed by atoms with Crippen molar-refractivity contribution in [2.75, 3.05) is 32.7 Å². The largest absolute Gasteiger partial charge is 0.444 e. The molecule has 0 bridgehead atoms. The normalized spacial score (nSPS) is 18.0. The number of rotatable bonds is 7. The molecule has 1 unspecified atom stereocenters. The molecule has 164 valence electrons. The van der Waals surface area contributed by atoms with Crippen LogP contribution in [0.25, 0.3) is 11.5 Å². The van der Waals surface area contributed by atoms with Crippen molar-refractivity contribution in [3.8, 4) is 11.5 Å². The van der Waals surface area contributed by atoms with Gasteiger partial charge in [-0.15, -0.1) is 0 Å². The van der Waals surface area contributed by atoms with E-state index in [0.29, 0.717) is 50.9 Å². The summed E-state index contributed by atoms with van der Waals surface area (Å²) in [7, 11) is 0. The van der Waals surface area contributed by atoms with Gasteiger partial charge in [-0.1, -0.05) is 17.7 Å². The maximum absolute atomic E-state index is 12.6. The highest BCUT2D eigenvalue weighted by molar-refractivity contribution is 5.80. The minimum absolute atomic E-state index is 0.0506. The van der Waals surface area contributed by atoms with Gasteiger partial charge >= 0.3 is 6.18 Å². The van der Waals surface area contributed by atoms with Gasteiger partial charge in [0.05, 0.1) is 12.2 Å². The number of aromatic nitrogens is 1. The molecular formula is C21H28F3N5O. The summed E-state index contributed by atoms with van der Waals surface area (Å²) >= 11 is 0. The molecule has 2 aromatic rings. The van der Waals surface area contributed by atoms with Crippen molar-refractivity contribution in [2.45, 2.75) is 38.9 Å². The molecule has 1 aliphatic heterocycles. The lowest BCUT2D eigenvalue weighted by Crippen LogP contribution is -2.45. The number of nitrogens with one attached hydrogen (secondary N) is 2. The molecule has 0 spiro atoms. The predicted molar refractivity (Wildman–Crippen MR) is 110 cm³/mol. The molecule has 1 saturated heterocycles. The molecule has 3 rings (SSSR count). The second-order valence-corrected chi connectivity index (χ2v) is 7.50. The number of guanidine groups is 1. The minimum atomic E-state index is -4.16. The SMILES string of the molecule is CCNC(=NCCc1coc(-c2ccc(C)cc2)n1)NC1CCN(CC(F)(F)F)C1. The lowest BCUT2D eigenvalue weighted by atomic mass is 10.1. The van der Waals surface area contributed by atoms with Crippen LogP contribution < -0.4 is 10.6 Å². The lowest BCUT2D eigenvalue weighted by Gasteiger charge is -2.19. The molecule has 0 aliphatic carbocycles. The molecule has 2 heterocycles. The minimum Gasteiger partial charge on any atom is -0.444 e. The number of benzene rings is 1. The van der Waals surface area contributed by atoms with E-state index < -0.39 is 12.7 Å². The monoisotopic (exact) mass is 423 g/mol. The van der Waals surface area contributed by atoms with Crippen LogP contribution in [0.5, 0.6) is 0 Å². The van der Waals surface area contributed by atoms with Gasteiger partial charge in [-0.05, 0) is 32.4 Å². The van der Waals surface area contributed by atoms with Crippen LogP contribution in [0.4, 0.5) is 13.2 Å². The molecule has 9 heteroatoms. The Morgan fingerprint density at radius 1 is 1.30 bits per heavy atom. The van der Waals surface area contributed by atoms with Gasteiger partial charge in [-0.25, -0.2) is 4.98 Å². The van der Waals surface area contributed by atoms with Crippen molar-refractivity contribution >= 4 is 5.96 Å². The smallest absolute Gasteiger partial charge is 0.401 e. The highest BCUT2D eigenvalue weighted by Gasteiger charge is 2.34. The van der Waals surface area contributed by atoms with Gasteiger partial charge in [0.1, 0.15) is 6.26 Å². The molecule has 30 heavy (non-hydrogen) atoms. The predicted octanol–water partition coefficient (Wildman–Crippen LogP) is 3.38. The summed E-state index contributed by atoms with van der Waals surface area (Å²) in [6.07, 6.45) is -1.26. The van der Waals surface area contributed by atoms with Crippen LogP contribution in [0.3, 0.4) is 0 Å². The van der Waals surface area contributed by atoms with Crippen LogP contribution in [0.15, 0.2) is 39.9 Å². The Bertz CT molecular complexity index is 832. The number of hydrogen-bond acceptors (Lipinski definition) is 4. The quantitative estimate of drug-likeness (QED) is 0.528. The van der Waals surface area contributed by atoms with Crippen molar-refractivity contribution in [3.05, 3.63) is 41.8 Å². The van der Waals surface area contributed by atoms with Crippen LogP contribution in [-0.2, 0) is 6.42 Å². The van der Waals surface area contributed by atoms with E-state index in [1.54, 1.807) is 6.26 Å². The Hall–Kier alpha value is -2.55. The molecule has 1 aromatic carbocycles. The van der Waals surface area contributed by atoms with Crippen molar-refractivity contribution in [1.29, 1.82) is 0 Å². The van der Waals surface area contributed by atoms with Gasteiger partial charge in [0.2, 0.25) is 5.89 Å². The first-order valence-electron chi connectivity index (χ1n) is 10.2. The van der Waals surface area contributed by atoms with E-state index in [-0.39, 0.29) is 6.04 Å². The number of aryl methyl sites for hydroxylation is 1. The number of likely N-dealkylation sites (tertiary alicyclic amines) is 1. The van der Waals surface area contributed by atoms with Crippen LogP contribution in [0, 0.1) is 6.92 Å². The van der Waals surface area contributed by atoms with Crippen molar-refractivity contribution in [1.82, 2.24) is 20.5 Å². The molecule has 1 aliphatic rings. The van der Waals surface area contributed by atoms with E-state index >= 15 is 0 Å². The standard InChI is InChI=1S/C21H28F3N5O/c1-3-25-20(28-17-9-11-29(12-17)14-21(22,23)24)26-10-8-18-13-30-19(27-18)16-6-4-15(2)5-7-16/h4-7,13,17H,3,8-12,14H2,1-2H3,(H2,25,26,28). The average molecular weight is 423 g/mol. The molecule has 0 amide bonds. The molecule has 6 nitrogen and oxygen atoms in total. The summed E-state index contributed by atoms with van der Waals surface area (Å²) in [5.41, 5.74) is 2.91. The number of aliphatic imine (C=N–C) groups is 1. The van der Waals surface area contributed by atoms with Gasteiger partial charge in [0.25, 0.3) is 0 Å². The van der Waals surface area contributed by atoms with E-state index in [4.69, 9.17) is 4.42 Å². The number of nitrogens with zero attached hydrogens (tertiary/aromatic N) is 3. The van der Waals surface area contributed by atoms with Crippen molar-refractivity contribution in [2.24, 2.45) is 4.99 Å². The second kappa shape index (κ2) is 9.97. The van der Waals surface area contributed by atoms with E-state index in [0.717, 1.165) is 11.3 Å². The maximum Gasteiger partial charge on any atom is 0.401 e. The third kappa shape index (κ3) is 6.76. The van der Waals surface area contributed by atoms with E-state index in [2.05, 4.69) is 20.6 Å². The van der Waals surface area contributed by atoms with Crippen molar-refractivity contribution < 1.29 is 17.6 Å². The Balaban J connectivity index is 1.51. The molecule has 2 N–H and O–H groups in total. The lowest BCUT2D eigenvalue weighted by molar-refractivity contribution is -0.143. The fourth-order valence-electron chi connectivity index (χ4n) is 3.39. The van der Waals surface area contributed by atoms with E-state index in [9.17, 15) is 13.2 Å². The zero-order chi connectivity index (χ0) is 21.6. The topological polar surface area (TPSA) is 65.7 Å². The summed E-state index contributed by atoms with van der Waals surface area (Å²) in [4.78, 5) is 10.5. The zero-order valence-electron chi connectivity index (χ0n) is 17.3. The summed E-state index contributed by atoms with van der Waals surface area (Å²) in [5, 5.41) is 6.39. The van der Waals surface area contributed by atoms with Crippen molar-refractivity contribution in [3.63, 3.8) is 0 Å². The molecule has 0 radical (unpaired) electrons. The molecule has 0 saturated carbocycles. The second-order valence-electron chi connectivity index (χ2n) is 7.50. The van der Waals surface area contributed by atoms with Crippen LogP contribution >= 0.6 is 0 Å². The Labute approximate surface area is 174 Å². The van der Waals surface area contributed by atoms with Gasteiger partial charge in [-0.2, -0.15) is 13.2 Å². The number of halogens is 3. The summed E-state index contributed by atoms with van der Waals surface area (Å²) < 4.78 is 43.3. The van der Waals surface area contributed by atoms with Crippen LogP contribution in [0.2, 0.25) is 0 Å². The first-order chi connectivity index (χ1) is 14.3. The number of hydrogen-bond donors (Lipinski definition) is 2. The third-order valence-electron chi connectivity index (χ3n) is 4.85. The Morgan fingerprint density at radius 2 is 2.07 bits per heavy atom. The fourth-order valence-corrected chi connectivity index (χ4v) is 3.39. The Kier molecular flexibility index (Phi) is 7.36. The van der Waals surface area contributed by atoms with Crippen LogP contribution in [-0.4, -0.2) is 60.8 Å². The first-order valence-corrected chi connectivity index (χ1v) is 10.2. The molecule has 1 atom stereocenters. The zero-order valence-corrected chi connectivity index (χ0v) is 17.3. The number of oxazole rings is 1. The fraction of sp³-hybridized carbons (Fsp3) is 0.524. The maximum atomic E-state index is 12.6. The molecule has 1 fully saturated rings. The average Bonchev–Trinajstić information content (AvgIpc) is 3.31. The highest BCUT2D eigenvalue weighted by Crippen LogP contribution is 2.20. The molecular weight excluding hydrogens is 395 g/mol. The summed E-state index contributed by atoms with van der Waals surface area (Å²) in [6, 6.07) is 7.92. The number of alkyl halides is 3. The van der Waals surface area contributed by atoms with Gasteiger partial charge in [0, 0.05) is 44.2 Å². The van der Waals surface area contributed by atoms with Gasteiger partial charge in [0.15, 0.2) is 5.96 Å². The molecule has 1 aromatic heterocycles. The van der Waals surface area contributed by atoms with Gasteiger partial charge < -0.3 is 15.1 Å². The highest BCUT2D eigenvalue weighted by atomic mass is 19.4.